The predicted molar refractivity (Wildman–Crippen MR) is 97.5 cm³/mol. The van der Waals surface area contributed by atoms with Gasteiger partial charge in [-0.05, 0) is 38.6 Å². The Bertz CT molecular complexity index is 691. The van der Waals surface area contributed by atoms with E-state index in [0.717, 1.165) is 47.1 Å². The molecule has 0 spiro atoms. The number of H-pyrrole nitrogens is 1. The smallest absolute Gasteiger partial charge is 0.305 e. The lowest BCUT2D eigenvalue weighted by Crippen LogP contribution is -2.23. The topological polar surface area (TPSA) is 45.3 Å². The largest absolute Gasteiger partial charge is 0.496 e. The Balaban J connectivity index is 2.37. The summed E-state index contributed by atoms with van der Waals surface area (Å²) in [6.45, 7) is 9.25. The molecular weight excluding hydrogens is 308 g/mol. The van der Waals surface area contributed by atoms with Crippen LogP contribution in [-0.2, 0) is 6.54 Å². The molecule has 0 saturated heterocycles. The molecule has 1 N–H and O–H groups in total. The molecule has 126 valence electrons. The predicted octanol–water partition coefficient (Wildman–Crippen LogP) is 4.04. The van der Waals surface area contributed by atoms with Crippen molar-refractivity contribution in [3.8, 4) is 17.0 Å². The van der Waals surface area contributed by atoms with Crippen molar-refractivity contribution in [1.82, 2.24) is 9.88 Å². The van der Waals surface area contributed by atoms with Gasteiger partial charge >= 0.3 is 4.87 Å². The third kappa shape index (κ3) is 4.45. The van der Waals surface area contributed by atoms with Gasteiger partial charge in [-0.1, -0.05) is 43.2 Å². The summed E-state index contributed by atoms with van der Waals surface area (Å²) in [5.74, 6) is 0.794. The molecule has 1 aromatic carbocycles. The van der Waals surface area contributed by atoms with Crippen LogP contribution in [-0.4, -0.2) is 30.1 Å². The van der Waals surface area contributed by atoms with E-state index in [0.29, 0.717) is 0 Å². The number of hydrogen-bond acceptors (Lipinski definition) is 4. The molecule has 23 heavy (non-hydrogen) atoms. The standard InChI is InChI=1S/C18H26N2O2S/c1-5-7-10-20(6-2)12-16-17(19-18(21)23-16)14-11-13(3)8-9-15(14)22-4/h8-9,11H,5-7,10,12H2,1-4H3,(H,19,21). The lowest BCUT2D eigenvalue weighted by molar-refractivity contribution is 0.278. The van der Waals surface area contributed by atoms with E-state index >= 15 is 0 Å². The summed E-state index contributed by atoms with van der Waals surface area (Å²) >= 11 is 1.30. The lowest BCUT2D eigenvalue weighted by atomic mass is 10.1. The van der Waals surface area contributed by atoms with E-state index in [-0.39, 0.29) is 4.87 Å². The van der Waals surface area contributed by atoms with Crippen LogP contribution in [0.4, 0.5) is 0 Å². The highest BCUT2D eigenvalue weighted by molar-refractivity contribution is 7.09. The van der Waals surface area contributed by atoms with Crippen LogP contribution < -0.4 is 9.61 Å². The van der Waals surface area contributed by atoms with Crippen LogP contribution in [0.25, 0.3) is 11.3 Å². The number of aromatic nitrogens is 1. The number of methoxy groups -OCH3 is 1. The van der Waals surface area contributed by atoms with Gasteiger partial charge in [0.05, 0.1) is 12.8 Å². The molecule has 0 saturated carbocycles. The maximum absolute atomic E-state index is 12.0. The van der Waals surface area contributed by atoms with Crippen molar-refractivity contribution < 1.29 is 4.74 Å². The fourth-order valence-corrected chi connectivity index (χ4v) is 3.53. The molecule has 0 aliphatic rings. The summed E-state index contributed by atoms with van der Waals surface area (Å²) in [6.07, 6.45) is 2.36. The average Bonchev–Trinajstić information content (AvgIpc) is 2.91. The fraction of sp³-hybridized carbons (Fsp3) is 0.500. The van der Waals surface area contributed by atoms with Crippen LogP contribution in [0.15, 0.2) is 23.0 Å². The molecule has 0 radical (unpaired) electrons. The molecule has 0 aliphatic carbocycles. The Morgan fingerprint density at radius 3 is 2.74 bits per heavy atom. The molecule has 5 heteroatoms. The zero-order valence-electron chi connectivity index (χ0n) is 14.4. The Hall–Kier alpha value is -1.59. The molecular formula is C18H26N2O2S. The van der Waals surface area contributed by atoms with Crippen LogP contribution in [0, 0.1) is 6.92 Å². The Labute approximate surface area is 142 Å². The highest BCUT2D eigenvalue weighted by Crippen LogP contribution is 2.33. The number of aromatic amines is 1. The van der Waals surface area contributed by atoms with E-state index in [4.69, 9.17) is 4.74 Å². The summed E-state index contributed by atoms with van der Waals surface area (Å²) in [6, 6.07) is 6.05. The molecule has 0 fully saturated rings. The third-order valence-electron chi connectivity index (χ3n) is 3.99. The van der Waals surface area contributed by atoms with Crippen molar-refractivity contribution >= 4 is 11.3 Å². The summed E-state index contributed by atoms with van der Waals surface area (Å²) in [4.78, 5) is 18.4. The maximum atomic E-state index is 12.0. The van der Waals surface area contributed by atoms with Gasteiger partial charge in [0, 0.05) is 17.0 Å². The quantitative estimate of drug-likeness (QED) is 0.792. The number of benzene rings is 1. The molecule has 2 aromatic rings. The van der Waals surface area contributed by atoms with Gasteiger partial charge in [-0.15, -0.1) is 0 Å². The second kappa shape index (κ2) is 8.31. The minimum Gasteiger partial charge on any atom is -0.496 e. The molecule has 0 bridgehead atoms. The van der Waals surface area contributed by atoms with Crippen LogP contribution in [0.3, 0.4) is 0 Å². The minimum absolute atomic E-state index is 0.00916. The van der Waals surface area contributed by atoms with Crippen molar-refractivity contribution in [2.45, 2.75) is 40.2 Å². The molecule has 0 aliphatic heterocycles. The third-order valence-corrected chi connectivity index (χ3v) is 4.86. The van der Waals surface area contributed by atoms with Gasteiger partial charge in [0.25, 0.3) is 0 Å². The van der Waals surface area contributed by atoms with Crippen molar-refractivity contribution in [2.24, 2.45) is 0 Å². The SMILES string of the molecule is CCCCN(CC)Cc1sc(=O)[nH]c1-c1cc(C)ccc1OC. The van der Waals surface area contributed by atoms with Crippen LogP contribution in [0.5, 0.6) is 5.75 Å². The second-order valence-corrected chi connectivity index (χ2v) is 6.81. The highest BCUT2D eigenvalue weighted by Gasteiger charge is 2.16. The summed E-state index contributed by atoms with van der Waals surface area (Å²) in [7, 11) is 1.66. The van der Waals surface area contributed by atoms with Gasteiger partial charge in [-0.2, -0.15) is 0 Å². The molecule has 0 unspecified atom stereocenters. The van der Waals surface area contributed by atoms with Crippen molar-refractivity contribution in [2.75, 3.05) is 20.2 Å². The number of ether oxygens (including phenoxy) is 1. The van der Waals surface area contributed by atoms with E-state index in [1.807, 2.05) is 19.1 Å². The zero-order chi connectivity index (χ0) is 16.8. The summed E-state index contributed by atoms with van der Waals surface area (Å²) in [5.41, 5.74) is 3.01. The first-order chi connectivity index (χ1) is 11.1. The van der Waals surface area contributed by atoms with E-state index in [9.17, 15) is 4.79 Å². The summed E-state index contributed by atoms with van der Waals surface area (Å²) < 4.78 is 5.48. The van der Waals surface area contributed by atoms with Gasteiger partial charge < -0.3 is 9.72 Å². The molecule has 0 amide bonds. The number of rotatable bonds is 8. The van der Waals surface area contributed by atoms with E-state index < -0.39 is 0 Å². The first-order valence-electron chi connectivity index (χ1n) is 8.18. The number of unbranched alkanes of at least 4 members (excludes halogenated alkanes) is 1. The van der Waals surface area contributed by atoms with Gasteiger partial charge in [0.15, 0.2) is 0 Å². The fourth-order valence-electron chi connectivity index (χ4n) is 2.64. The van der Waals surface area contributed by atoms with Crippen LogP contribution in [0.1, 0.15) is 37.1 Å². The number of aryl methyl sites for hydroxylation is 1. The van der Waals surface area contributed by atoms with Gasteiger partial charge in [-0.25, -0.2) is 0 Å². The Morgan fingerprint density at radius 2 is 2.09 bits per heavy atom. The van der Waals surface area contributed by atoms with E-state index in [1.165, 1.54) is 24.2 Å². The molecule has 4 nitrogen and oxygen atoms in total. The zero-order valence-corrected chi connectivity index (χ0v) is 15.3. The maximum Gasteiger partial charge on any atom is 0.305 e. The number of hydrogen-bond donors (Lipinski definition) is 1. The monoisotopic (exact) mass is 334 g/mol. The number of thiazole rings is 1. The van der Waals surface area contributed by atoms with Gasteiger partial charge in [0.1, 0.15) is 5.75 Å². The molecule has 2 rings (SSSR count). The second-order valence-electron chi connectivity index (χ2n) is 5.74. The number of nitrogens with zero attached hydrogens (tertiary/aromatic N) is 1. The average molecular weight is 334 g/mol. The van der Waals surface area contributed by atoms with Crippen molar-refractivity contribution in [3.05, 3.63) is 38.3 Å². The number of nitrogens with one attached hydrogen (secondary N) is 1. The van der Waals surface area contributed by atoms with E-state index in [2.05, 4.69) is 29.8 Å². The van der Waals surface area contributed by atoms with Crippen LogP contribution in [0.2, 0.25) is 0 Å². The van der Waals surface area contributed by atoms with Crippen LogP contribution >= 0.6 is 11.3 Å². The normalized spacial score (nSPS) is 11.2. The van der Waals surface area contributed by atoms with Gasteiger partial charge in [0.2, 0.25) is 0 Å². The summed E-state index contributed by atoms with van der Waals surface area (Å²) in [5, 5.41) is 0. The van der Waals surface area contributed by atoms with Gasteiger partial charge in [-0.3, -0.25) is 9.69 Å². The minimum atomic E-state index is -0.00916. The Kier molecular flexibility index (Phi) is 6.42. The Morgan fingerprint density at radius 1 is 1.30 bits per heavy atom. The first-order valence-corrected chi connectivity index (χ1v) is 9.00. The first kappa shape index (κ1) is 17.8. The molecule has 0 atom stereocenters. The molecule has 1 heterocycles. The van der Waals surface area contributed by atoms with Crippen molar-refractivity contribution in [1.29, 1.82) is 0 Å². The molecule has 1 aromatic heterocycles. The van der Waals surface area contributed by atoms with E-state index in [1.54, 1.807) is 7.11 Å². The lowest BCUT2D eigenvalue weighted by Gasteiger charge is -2.20. The highest BCUT2D eigenvalue weighted by atomic mass is 32.1. The van der Waals surface area contributed by atoms with Crippen molar-refractivity contribution in [3.63, 3.8) is 0 Å².